The lowest BCUT2D eigenvalue weighted by Gasteiger charge is -2.08. The molecule has 0 aliphatic heterocycles. The summed E-state index contributed by atoms with van der Waals surface area (Å²) in [7, 11) is 0. The first-order valence-electron chi connectivity index (χ1n) is 6.15. The van der Waals surface area contributed by atoms with Crippen LogP contribution in [0.2, 0.25) is 0 Å². The Hall–Kier alpha value is -2.30. The number of benzene rings is 1. The van der Waals surface area contributed by atoms with Crippen LogP contribution in [0.1, 0.15) is 17.7 Å². The quantitative estimate of drug-likeness (QED) is 0.866. The van der Waals surface area contributed by atoms with E-state index < -0.39 is 0 Å². The number of amides is 1. The molecule has 5 heteroatoms. The number of aryl methyl sites for hydroxylation is 2. The normalized spacial score (nSPS) is 10.2. The van der Waals surface area contributed by atoms with Crippen molar-refractivity contribution in [2.24, 2.45) is 0 Å². The molecular formula is C14H17N3O2. The number of hydrogen-bond donors (Lipinski definition) is 2. The molecule has 0 atom stereocenters. The summed E-state index contributed by atoms with van der Waals surface area (Å²) in [5, 5.41) is 9.41. The smallest absolute Gasteiger partial charge is 0.229 e. The number of H-pyrrole nitrogens is 1. The molecule has 0 fully saturated rings. The Bertz CT molecular complexity index is 563. The van der Waals surface area contributed by atoms with Gasteiger partial charge in [0.25, 0.3) is 0 Å². The van der Waals surface area contributed by atoms with Crippen molar-refractivity contribution in [1.82, 2.24) is 10.2 Å². The predicted molar refractivity (Wildman–Crippen MR) is 73.2 cm³/mol. The SMILES string of the molecule is Cc1cc(NC(=O)CCOc2ccccc2C)n[nH]1. The number of aromatic nitrogens is 2. The van der Waals surface area contributed by atoms with Crippen LogP contribution in [0.25, 0.3) is 0 Å². The van der Waals surface area contributed by atoms with Gasteiger partial charge in [-0.1, -0.05) is 18.2 Å². The Labute approximate surface area is 112 Å². The van der Waals surface area contributed by atoms with Crippen LogP contribution in [0, 0.1) is 13.8 Å². The molecule has 0 spiro atoms. The maximum atomic E-state index is 11.7. The van der Waals surface area contributed by atoms with Crippen molar-refractivity contribution >= 4 is 11.7 Å². The van der Waals surface area contributed by atoms with Crippen molar-refractivity contribution in [3.8, 4) is 5.75 Å². The van der Waals surface area contributed by atoms with Crippen LogP contribution in [-0.2, 0) is 4.79 Å². The lowest BCUT2D eigenvalue weighted by molar-refractivity contribution is -0.116. The minimum absolute atomic E-state index is 0.111. The van der Waals surface area contributed by atoms with Gasteiger partial charge in [-0.15, -0.1) is 0 Å². The Kier molecular flexibility index (Phi) is 4.18. The number of aromatic amines is 1. The van der Waals surface area contributed by atoms with E-state index in [1.54, 1.807) is 6.07 Å². The van der Waals surface area contributed by atoms with Crippen LogP contribution in [-0.4, -0.2) is 22.7 Å². The van der Waals surface area contributed by atoms with Crippen LogP contribution in [0.15, 0.2) is 30.3 Å². The highest BCUT2D eigenvalue weighted by molar-refractivity contribution is 5.89. The molecule has 0 unspecified atom stereocenters. The summed E-state index contributed by atoms with van der Waals surface area (Å²) < 4.78 is 5.56. The number of rotatable bonds is 5. The fourth-order valence-electron chi connectivity index (χ4n) is 1.66. The molecular weight excluding hydrogens is 242 g/mol. The van der Waals surface area contributed by atoms with E-state index in [4.69, 9.17) is 4.74 Å². The van der Waals surface area contributed by atoms with E-state index in [-0.39, 0.29) is 5.91 Å². The fourth-order valence-corrected chi connectivity index (χ4v) is 1.66. The topological polar surface area (TPSA) is 67.0 Å². The number of para-hydroxylation sites is 1. The molecule has 0 saturated carbocycles. The number of carbonyl (C=O) groups excluding carboxylic acids is 1. The van der Waals surface area contributed by atoms with Gasteiger partial charge in [0.2, 0.25) is 5.91 Å². The van der Waals surface area contributed by atoms with Crippen molar-refractivity contribution in [3.05, 3.63) is 41.6 Å². The summed E-state index contributed by atoms with van der Waals surface area (Å²) >= 11 is 0. The molecule has 2 aromatic rings. The largest absolute Gasteiger partial charge is 0.493 e. The van der Waals surface area contributed by atoms with Gasteiger partial charge in [0, 0.05) is 11.8 Å². The van der Waals surface area contributed by atoms with Crippen molar-refractivity contribution in [2.45, 2.75) is 20.3 Å². The summed E-state index contributed by atoms with van der Waals surface area (Å²) in [6.45, 7) is 4.20. The lowest BCUT2D eigenvalue weighted by Crippen LogP contribution is -2.15. The third-order valence-corrected chi connectivity index (χ3v) is 2.65. The highest BCUT2D eigenvalue weighted by atomic mass is 16.5. The first-order chi connectivity index (χ1) is 9.15. The molecule has 100 valence electrons. The first kappa shape index (κ1) is 13.1. The summed E-state index contributed by atoms with van der Waals surface area (Å²) in [6.07, 6.45) is 0.292. The second-order valence-electron chi connectivity index (χ2n) is 4.35. The molecule has 1 aromatic heterocycles. The van der Waals surface area contributed by atoms with Gasteiger partial charge in [-0.05, 0) is 25.5 Å². The molecule has 0 bridgehead atoms. The summed E-state index contributed by atoms with van der Waals surface area (Å²) in [5.74, 6) is 1.24. The second-order valence-corrected chi connectivity index (χ2v) is 4.35. The monoisotopic (exact) mass is 259 g/mol. The van der Waals surface area contributed by atoms with Crippen LogP contribution in [0.4, 0.5) is 5.82 Å². The molecule has 19 heavy (non-hydrogen) atoms. The molecule has 0 aliphatic rings. The molecule has 0 aliphatic carbocycles. The van der Waals surface area contributed by atoms with Gasteiger partial charge in [0.15, 0.2) is 5.82 Å². The van der Waals surface area contributed by atoms with Gasteiger partial charge in [-0.3, -0.25) is 9.89 Å². The van der Waals surface area contributed by atoms with E-state index in [1.165, 1.54) is 0 Å². The zero-order valence-electron chi connectivity index (χ0n) is 11.1. The van der Waals surface area contributed by atoms with Crippen molar-refractivity contribution in [2.75, 3.05) is 11.9 Å². The van der Waals surface area contributed by atoms with Gasteiger partial charge < -0.3 is 10.1 Å². The van der Waals surface area contributed by atoms with Crippen molar-refractivity contribution in [3.63, 3.8) is 0 Å². The van der Waals surface area contributed by atoms with Crippen LogP contribution in [0.3, 0.4) is 0 Å². The third kappa shape index (κ3) is 3.84. The highest BCUT2D eigenvalue weighted by Gasteiger charge is 2.05. The summed E-state index contributed by atoms with van der Waals surface area (Å²) in [6, 6.07) is 9.51. The second kappa shape index (κ2) is 6.04. The van der Waals surface area contributed by atoms with E-state index in [2.05, 4.69) is 15.5 Å². The number of hydrogen-bond acceptors (Lipinski definition) is 3. The summed E-state index contributed by atoms with van der Waals surface area (Å²) in [5.41, 5.74) is 1.97. The number of ether oxygens (including phenoxy) is 1. The number of nitrogens with one attached hydrogen (secondary N) is 2. The molecule has 1 amide bonds. The first-order valence-corrected chi connectivity index (χ1v) is 6.15. The Balaban J connectivity index is 1.77. The van der Waals surface area contributed by atoms with Crippen LogP contribution < -0.4 is 10.1 Å². The fraction of sp³-hybridized carbons (Fsp3) is 0.286. The summed E-state index contributed by atoms with van der Waals surface area (Å²) in [4.78, 5) is 11.7. The third-order valence-electron chi connectivity index (χ3n) is 2.65. The van der Waals surface area contributed by atoms with Gasteiger partial charge in [0.05, 0.1) is 13.0 Å². The Morgan fingerprint density at radius 3 is 2.84 bits per heavy atom. The van der Waals surface area contributed by atoms with Crippen LogP contribution in [0.5, 0.6) is 5.75 Å². The average Bonchev–Trinajstić information content (AvgIpc) is 2.77. The van der Waals surface area contributed by atoms with Gasteiger partial charge in [0.1, 0.15) is 5.75 Å². The molecule has 2 N–H and O–H groups in total. The molecule has 2 rings (SSSR count). The standard InChI is InChI=1S/C14H17N3O2/c1-10-5-3-4-6-12(10)19-8-7-14(18)15-13-9-11(2)16-17-13/h3-6,9H,7-8H2,1-2H3,(H2,15,16,17,18). The molecule has 0 radical (unpaired) electrons. The van der Waals surface area contributed by atoms with E-state index in [0.29, 0.717) is 18.8 Å². The highest BCUT2D eigenvalue weighted by Crippen LogP contribution is 2.16. The van der Waals surface area contributed by atoms with E-state index >= 15 is 0 Å². The maximum Gasteiger partial charge on any atom is 0.229 e. The van der Waals surface area contributed by atoms with Crippen LogP contribution >= 0.6 is 0 Å². The Morgan fingerprint density at radius 2 is 2.16 bits per heavy atom. The number of nitrogens with zero attached hydrogens (tertiary/aromatic N) is 1. The van der Waals surface area contributed by atoms with Gasteiger partial charge in [-0.2, -0.15) is 5.10 Å². The van der Waals surface area contributed by atoms with Crippen molar-refractivity contribution in [1.29, 1.82) is 0 Å². The minimum atomic E-state index is -0.111. The minimum Gasteiger partial charge on any atom is -0.493 e. The van der Waals surface area contributed by atoms with Crippen molar-refractivity contribution < 1.29 is 9.53 Å². The van der Waals surface area contributed by atoms with Gasteiger partial charge >= 0.3 is 0 Å². The maximum absolute atomic E-state index is 11.7. The lowest BCUT2D eigenvalue weighted by atomic mass is 10.2. The zero-order valence-corrected chi connectivity index (χ0v) is 11.1. The zero-order chi connectivity index (χ0) is 13.7. The average molecular weight is 259 g/mol. The van der Waals surface area contributed by atoms with Gasteiger partial charge in [-0.25, -0.2) is 0 Å². The number of carbonyl (C=O) groups is 1. The number of anilines is 1. The van der Waals surface area contributed by atoms with E-state index in [9.17, 15) is 4.79 Å². The predicted octanol–water partition coefficient (Wildman–Crippen LogP) is 2.43. The van der Waals surface area contributed by atoms with E-state index in [0.717, 1.165) is 17.0 Å². The molecule has 1 aromatic carbocycles. The molecule has 1 heterocycles. The Morgan fingerprint density at radius 1 is 1.37 bits per heavy atom. The molecule has 5 nitrogen and oxygen atoms in total. The molecule has 0 saturated heterocycles. The van der Waals surface area contributed by atoms with E-state index in [1.807, 2.05) is 38.1 Å².